The Balaban J connectivity index is 1.62. The maximum Gasteiger partial charge on any atom is 0.335 e. The van der Waals surface area contributed by atoms with E-state index >= 15 is 0 Å². The minimum Gasteiger partial charge on any atom is -0.488 e. The van der Waals surface area contributed by atoms with E-state index in [1.165, 1.54) is 18.2 Å². The van der Waals surface area contributed by atoms with E-state index in [9.17, 15) is 24.5 Å². The highest BCUT2D eigenvalue weighted by Crippen LogP contribution is 2.29. The number of para-hydroxylation sites is 1. The third-order valence-corrected chi connectivity index (χ3v) is 5.68. The lowest BCUT2D eigenvalue weighted by atomic mass is 10.0. The molecule has 4 amide bonds. The highest BCUT2D eigenvalue weighted by molar-refractivity contribution is 6.39. The minimum absolute atomic E-state index is 0.0244. The molecule has 9 heteroatoms. The van der Waals surface area contributed by atoms with Gasteiger partial charge < -0.3 is 4.74 Å². The number of urea groups is 1. The van der Waals surface area contributed by atoms with Gasteiger partial charge in [0.2, 0.25) is 0 Å². The maximum absolute atomic E-state index is 13.3. The van der Waals surface area contributed by atoms with Crippen LogP contribution in [-0.2, 0) is 16.2 Å². The Bertz CT molecular complexity index is 1380. The topological polar surface area (TPSA) is 119 Å². The van der Waals surface area contributed by atoms with Crippen molar-refractivity contribution in [2.75, 3.05) is 4.90 Å². The molecule has 1 fully saturated rings. The summed E-state index contributed by atoms with van der Waals surface area (Å²) < 4.78 is 5.87. The Morgan fingerprint density at radius 3 is 2.40 bits per heavy atom. The Morgan fingerprint density at radius 1 is 0.971 bits per heavy atom. The molecule has 1 aliphatic rings. The van der Waals surface area contributed by atoms with Crippen LogP contribution in [0.15, 0.2) is 72.3 Å². The first-order valence-corrected chi connectivity index (χ1v) is 10.7. The lowest BCUT2D eigenvalue weighted by molar-refractivity contribution is -0.384. The Morgan fingerprint density at radius 2 is 1.69 bits per heavy atom. The van der Waals surface area contributed by atoms with Crippen molar-refractivity contribution in [2.24, 2.45) is 0 Å². The lowest BCUT2D eigenvalue weighted by Gasteiger charge is -2.28. The third-order valence-electron chi connectivity index (χ3n) is 5.68. The number of non-ortho nitro benzene ring substituents is 1. The number of hydrogen-bond donors (Lipinski definition) is 1. The molecule has 0 radical (unpaired) electrons. The number of ether oxygens (including phenoxy) is 1. The third kappa shape index (κ3) is 4.79. The number of amides is 4. The first-order valence-electron chi connectivity index (χ1n) is 10.7. The second-order valence-electron chi connectivity index (χ2n) is 7.93. The zero-order valence-electron chi connectivity index (χ0n) is 19.0. The van der Waals surface area contributed by atoms with Gasteiger partial charge in [0.15, 0.2) is 0 Å². The minimum atomic E-state index is -0.812. The Kier molecular flexibility index (Phi) is 6.41. The largest absolute Gasteiger partial charge is 0.488 e. The van der Waals surface area contributed by atoms with Crippen LogP contribution in [0.4, 0.5) is 16.2 Å². The van der Waals surface area contributed by atoms with Gasteiger partial charge in [-0.15, -0.1) is 0 Å². The number of carbonyl (C=O) groups excluding carboxylic acids is 3. The fourth-order valence-electron chi connectivity index (χ4n) is 3.62. The molecule has 0 saturated carbocycles. The zero-order valence-corrected chi connectivity index (χ0v) is 19.0. The molecular weight excluding hydrogens is 450 g/mol. The summed E-state index contributed by atoms with van der Waals surface area (Å²) in [5, 5.41) is 13.1. The number of barbiturate groups is 1. The molecule has 9 nitrogen and oxygen atoms in total. The molecule has 0 spiro atoms. The number of nitro benzene ring substituents is 1. The van der Waals surface area contributed by atoms with Crippen molar-refractivity contribution in [3.63, 3.8) is 0 Å². The van der Waals surface area contributed by atoms with Gasteiger partial charge in [0.1, 0.15) is 17.9 Å². The molecule has 35 heavy (non-hydrogen) atoms. The van der Waals surface area contributed by atoms with Gasteiger partial charge in [-0.3, -0.25) is 25.0 Å². The summed E-state index contributed by atoms with van der Waals surface area (Å²) in [5.41, 5.74) is 2.97. The van der Waals surface area contributed by atoms with Crippen molar-refractivity contribution in [1.82, 2.24) is 5.32 Å². The molecule has 1 heterocycles. The van der Waals surface area contributed by atoms with Crippen LogP contribution in [0.2, 0.25) is 0 Å². The SMILES string of the molecule is Cc1cccc(N2C(=O)NC(=O)/C(=C/c3ccccc3OCc3ccc([N+](=O)[O-])cc3)C2=O)c1C. The summed E-state index contributed by atoms with van der Waals surface area (Å²) in [7, 11) is 0. The molecule has 0 unspecified atom stereocenters. The van der Waals surface area contributed by atoms with Crippen molar-refractivity contribution in [2.45, 2.75) is 20.5 Å². The summed E-state index contributed by atoms with van der Waals surface area (Å²) in [6.07, 6.45) is 1.38. The molecule has 0 aromatic heterocycles. The van der Waals surface area contributed by atoms with E-state index in [-0.39, 0.29) is 17.9 Å². The molecule has 3 aromatic carbocycles. The second kappa shape index (κ2) is 9.60. The molecule has 1 aliphatic heterocycles. The van der Waals surface area contributed by atoms with Crippen molar-refractivity contribution in [1.29, 1.82) is 0 Å². The van der Waals surface area contributed by atoms with Gasteiger partial charge in [-0.1, -0.05) is 30.3 Å². The molecule has 0 bridgehead atoms. The van der Waals surface area contributed by atoms with E-state index in [1.807, 2.05) is 13.0 Å². The van der Waals surface area contributed by atoms with Gasteiger partial charge in [-0.2, -0.15) is 0 Å². The highest BCUT2D eigenvalue weighted by atomic mass is 16.6. The van der Waals surface area contributed by atoms with Crippen LogP contribution >= 0.6 is 0 Å². The van der Waals surface area contributed by atoms with E-state index in [0.29, 0.717) is 22.6 Å². The van der Waals surface area contributed by atoms with Crippen LogP contribution in [-0.4, -0.2) is 22.8 Å². The van der Waals surface area contributed by atoms with Gasteiger partial charge in [0.25, 0.3) is 17.5 Å². The fraction of sp³-hybridized carbons (Fsp3) is 0.115. The van der Waals surface area contributed by atoms with E-state index in [2.05, 4.69) is 5.32 Å². The van der Waals surface area contributed by atoms with E-state index in [0.717, 1.165) is 16.0 Å². The van der Waals surface area contributed by atoms with Gasteiger partial charge in [-0.25, -0.2) is 9.69 Å². The Labute approximate surface area is 200 Å². The fourth-order valence-corrected chi connectivity index (χ4v) is 3.62. The average Bonchev–Trinajstić information content (AvgIpc) is 2.83. The van der Waals surface area contributed by atoms with E-state index < -0.39 is 22.8 Å². The zero-order chi connectivity index (χ0) is 25.1. The van der Waals surface area contributed by atoms with Crippen molar-refractivity contribution in [3.8, 4) is 5.75 Å². The number of aryl methyl sites for hydroxylation is 1. The summed E-state index contributed by atoms with van der Waals surface area (Å²) >= 11 is 0. The average molecular weight is 471 g/mol. The molecule has 3 aromatic rings. The van der Waals surface area contributed by atoms with Crippen molar-refractivity contribution in [3.05, 3.63) is 105 Å². The van der Waals surface area contributed by atoms with Crippen LogP contribution in [0, 0.1) is 24.0 Å². The number of nitro groups is 1. The monoisotopic (exact) mass is 471 g/mol. The smallest absolute Gasteiger partial charge is 0.335 e. The molecule has 4 rings (SSSR count). The van der Waals surface area contributed by atoms with Crippen molar-refractivity contribution >= 4 is 35.3 Å². The van der Waals surface area contributed by atoms with Crippen molar-refractivity contribution < 1.29 is 24.0 Å². The van der Waals surface area contributed by atoms with Crippen LogP contribution in [0.5, 0.6) is 5.75 Å². The number of carbonyl (C=O) groups is 3. The molecule has 176 valence electrons. The predicted molar refractivity (Wildman–Crippen MR) is 129 cm³/mol. The van der Waals surface area contributed by atoms with Gasteiger partial charge >= 0.3 is 6.03 Å². The number of hydrogen-bond acceptors (Lipinski definition) is 6. The molecule has 1 saturated heterocycles. The maximum atomic E-state index is 13.3. The van der Waals surface area contributed by atoms with E-state index in [4.69, 9.17) is 4.74 Å². The number of nitrogens with one attached hydrogen (secondary N) is 1. The summed E-state index contributed by atoms with van der Waals surface area (Å²) in [5.74, 6) is -1.14. The number of nitrogens with zero attached hydrogens (tertiary/aromatic N) is 2. The quantitative estimate of drug-likeness (QED) is 0.245. The Hall–Kier alpha value is -4.79. The van der Waals surface area contributed by atoms with Gasteiger partial charge in [0, 0.05) is 17.7 Å². The number of rotatable bonds is 6. The van der Waals surface area contributed by atoms with Crippen LogP contribution < -0.4 is 15.0 Å². The van der Waals surface area contributed by atoms with Crippen LogP contribution in [0.25, 0.3) is 6.08 Å². The van der Waals surface area contributed by atoms with Gasteiger partial charge in [0.05, 0.1) is 10.6 Å². The highest BCUT2D eigenvalue weighted by Gasteiger charge is 2.37. The second-order valence-corrected chi connectivity index (χ2v) is 7.93. The molecule has 0 aliphatic carbocycles. The standard InChI is InChI=1S/C26H21N3O6/c1-16-6-5-8-22(17(16)2)28-25(31)21(24(30)27-26(28)32)14-19-7-3-4-9-23(19)35-15-18-10-12-20(13-11-18)29(33)34/h3-14H,15H2,1-2H3,(H,27,30,32)/b21-14-. The number of imide groups is 2. The van der Waals surface area contributed by atoms with E-state index in [1.54, 1.807) is 55.5 Å². The van der Waals surface area contributed by atoms with Gasteiger partial charge in [-0.05, 0) is 60.9 Å². The summed E-state index contributed by atoms with van der Waals surface area (Å²) in [6.45, 7) is 3.78. The molecule has 1 N–H and O–H groups in total. The first-order chi connectivity index (χ1) is 16.8. The predicted octanol–water partition coefficient (Wildman–Crippen LogP) is 4.46. The number of benzene rings is 3. The molecular formula is C26H21N3O6. The first kappa shape index (κ1) is 23.4. The van der Waals surface area contributed by atoms with Crippen LogP contribution in [0.3, 0.4) is 0 Å². The summed E-state index contributed by atoms with van der Waals surface area (Å²) in [4.78, 5) is 49.7. The van der Waals surface area contributed by atoms with Crippen LogP contribution in [0.1, 0.15) is 22.3 Å². The normalized spacial score (nSPS) is 14.7. The summed E-state index contributed by atoms with van der Waals surface area (Å²) in [6, 6.07) is 17.2. The number of anilines is 1. The lowest BCUT2D eigenvalue weighted by Crippen LogP contribution is -2.54. The molecule has 0 atom stereocenters.